The van der Waals surface area contributed by atoms with Crippen molar-refractivity contribution < 1.29 is 9.53 Å². The zero-order valence-corrected chi connectivity index (χ0v) is 20.7. The molecule has 0 bridgehead atoms. The molecule has 0 saturated carbocycles. The van der Waals surface area contributed by atoms with E-state index in [1.807, 2.05) is 42.5 Å². The van der Waals surface area contributed by atoms with Gasteiger partial charge in [0.1, 0.15) is 10.6 Å². The summed E-state index contributed by atoms with van der Waals surface area (Å²) in [4.78, 5) is 33.5. The van der Waals surface area contributed by atoms with Crippen LogP contribution in [-0.4, -0.2) is 28.3 Å². The predicted octanol–water partition coefficient (Wildman–Crippen LogP) is 5.31. The first-order valence-corrected chi connectivity index (χ1v) is 13.0. The first-order chi connectivity index (χ1) is 16.5. The molecule has 2 aromatic heterocycles. The van der Waals surface area contributed by atoms with E-state index in [1.54, 1.807) is 35.1 Å². The quantitative estimate of drug-likeness (QED) is 0.292. The SMILES string of the molecule is COc1ccccc1NC(=O)CSc1nc2sc3c(c2c(=O)n1-c1ccccc1)CC[C@@H](C)C3. The fourth-order valence-electron chi connectivity index (χ4n) is 4.34. The lowest BCUT2D eigenvalue weighted by atomic mass is 9.89. The summed E-state index contributed by atoms with van der Waals surface area (Å²) in [6.07, 6.45) is 2.99. The number of hydrogen-bond donors (Lipinski definition) is 1. The lowest BCUT2D eigenvalue weighted by molar-refractivity contribution is -0.113. The molecule has 4 aromatic rings. The van der Waals surface area contributed by atoms with Crippen molar-refractivity contribution in [1.29, 1.82) is 0 Å². The number of rotatable bonds is 6. The van der Waals surface area contributed by atoms with Crippen LogP contribution in [0.5, 0.6) is 5.75 Å². The zero-order chi connectivity index (χ0) is 23.7. The zero-order valence-electron chi connectivity index (χ0n) is 19.0. The fourth-order valence-corrected chi connectivity index (χ4v) is 6.57. The largest absolute Gasteiger partial charge is 0.495 e. The van der Waals surface area contributed by atoms with Gasteiger partial charge in [0, 0.05) is 4.88 Å². The number of fused-ring (bicyclic) bond motifs is 3. The number of thioether (sulfide) groups is 1. The minimum Gasteiger partial charge on any atom is -0.495 e. The Bertz CT molecular complexity index is 1410. The summed E-state index contributed by atoms with van der Waals surface area (Å²) in [5.74, 6) is 1.14. The number of methoxy groups -OCH3 is 1. The number of benzene rings is 2. The van der Waals surface area contributed by atoms with Gasteiger partial charge in [-0.05, 0) is 55.0 Å². The molecular formula is C26H25N3O3S2. The third-order valence-corrected chi connectivity index (χ3v) is 8.11. The van der Waals surface area contributed by atoms with Gasteiger partial charge < -0.3 is 10.1 Å². The molecule has 0 spiro atoms. The van der Waals surface area contributed by atoms with Crippen LogP contribution >= 0.6 is 23.1 Å². The summed E-state index contributed by atoms with van der Waals surface area (Å²) in [6, 6.07) is 16.8. The van der Waals surface area contributed by atoms with Crippen LogP contribution < -0.4 is 15.6 Å². The van der Waals surface area contributed by atoms with E-state index in [-0.39, 0.29) is 17.2 Å². The highest BCUT2D eigenvalue weighted by molar-refractivity contribution is 7.99. The third-order valence-electron chi connectivity index (χ3n) is 6.03. The number of aryl methyl sites for hydroxylation is 1. The van der Waals surface area contributed by atoms with Crippen molar-refractivity contribution in [2.75, 3.05) is 18.2 Å². The van der Waals surface area contributed by atoms with Crippen molar-refractivity contribution in [3.05, 3.63) is 75.4 Å². The molecule has 1 atom stereocenters. The molecule has 34 heavy (non-hydrogen) atoms. The van der Waals surface area contributed by atoms with Crippen LogP contribution in [0.3, 0.4) is 0 Å². The third kappa shape index (κ3) is 4.35. The first kappa shape index (κ1) is 22.7. The molecule has 174 valence electrons. The smallest absolute Gasteiger partial charge is 0.267 e. The number of nitrogens with zero attached hydrogens (tertiary/aromatic N) is 2. The summed E-state index contributed by atoms with van der Waals surface area (Å²) in [7, 11) is 1.57. The van der Waals surface area contributed by atoms with Gasteiger partial charge in [-0.3, -0.25) is 14.2 Å². The maximum Gasteiger partial charge on any atom is 0.267 e. The van der Waals surface area contributed by atoms with Gasteiger partial charge in [0.25, 0.3) is 5.56 Å². The van der Waals surface area contributed by atoms with E-state index in [2.05, 4.69) is 12.2 Å². The molecule has 1 N–H and O–H groups in total. The summed E-state index contributed by atoms with van der Waals surface area (Å²) < 4.78 is 6.97. The van der Waals surface area contributed by atoms with Crippen LogP contribution in [-0.2, 0) is 17.6 Å². The van der Waals surface area contributed by atoms with Crippen LogP contribution in [0.15, 0.2) is 64.5 Å². The normalized spacial score (nSPS) is 15.2. The van der Waals surface area contributed by atoms with E-state index in [1.165, 1.54) is 16.6 Å². The molecular weight excluding hydrogens is 466 g/mol. The van der Waals surface area contributed by atoms with Gasteiger partial charge in [-0.2, -0.15) is 0 Å². The molecule has 1 aliphatic rings. The number of anilines is 1. The number of nitrogens with one attached hydrogen (secondary N) is 1. The van der Waals surface area contributed by atoms with Crippen molar-refractivity contribution in [2.24, 2.45) is 5.92 Å². The molecule has 8 heteroatoms. The molecule has 2 heterocycles. The van der Waals surface area contributed by atoms with E-state index in [9.17, 15) is 9.59 Å². The number of hydrogen-bond acceptors (Lipinski definition) is 6. The van der Waals surface area contributed by atoms with Gasteiger partial charge in [0.15, 0.2) is 5.16 Å². The topological polar surface area (TPSA) is 73.2 Å². The minimum atomic E-state index is -0.192. The summed E-state index contributed by atoms with van der Waals surface area (Å²) in [5.41, 5.74) is 2.46. The summed E-state index contributed by atoms with van der Waals surface area (Å²) >= 11 is 2.89. The Hall–Kier alpha value is -3.10. The second-order valence-electron chi connectivity index (χ2n) is 8.44. The molecule has 0 radical (unpaired) electrons. The highest BCUT2D eigenvalue weighted by Crippen LogP contribution is 2.37. The Morgan fingerprint density at radius 2 is 1.97 bits per heavy atom. The highest BCUT2D eigenvalue weighted by Gasteiger charge is 2.25. The van der Waals surface area contributed by atoms with E-state index < -0.39 is 0 Å². The molecule has 0 unspecified atom stereocenters. The monoisotopic (exact) mass is 491 g/mol. The number of aromatic nitrogens is 2. The lowest BCUT2D eigenvalue weighted by Gasteiger charge is -2.17. The standard InChI is InChI=1S/C26H25N3O3S2/c1-16-12-13-18-21(14-16)34-24-23(18)25(31)29(17-8-4-3-5-9-17)26(28-24)33-15-22(30)27-19-10-6-7-11-20(19)32-2/h3-11,16H,12-15H2,1-2H3,(H,27,30)/t16-/m1/s1. The Morgan fingerprint density at radius 3 is 2.76 bits per heavy atom. The molecule has 0 saturated heterocycles. The predicted molar refractivity (Wildman–Crippen MR) is 139 cm³/mol. The Balaban J connectivity index is 1.51. The number of carbonyl (C=O) groups is 1. The van der Waals surface area contributed by atoms with Crippen molar-refractivity contribution in [1.82, 2.24) is 9.55 Å². The maximum absolute atomic E-state index is 13.8. The first-order valence-electron chi connectivity index (χ1n) is 11.2. The van der Waals surface area contributed by atoms with E-state index in [0.29, 0.717) is 22.5 Å². The average Bonchev–Trinajstić information content (AvgIpc) is 3.21. The van der Waals surface area contributed by atoms with Crippen molar-refractivity contribution >= 4 is 44.9 Å². The van der Waals surface area contributed by atoms with Crippen LogP contribution in [0.4, 0.5) is 5.69 Å². The maximum atomic E-state index is 13.8. The number of amides is 1. The number of para-hydroxylation sites is 3. The van der Waals surface area contributed by atoms with Crippen LogP contribution in [0.25, 0.3) is 15.9 Å². The Labute approximate surface area is 206 Å². The van der Waals surface area contributed by atoms with Crippen LogP contribution in [0.1, 0.15) is 23.8 Å². The average molecular weight is 492 g/mol. The molecule has 2 aromatic carbocycles. The number of ether oxygens (including phenoxy) is 1. The van der Waals surface area contributed by atoms with Gasteiger partial charge in [0.05, 0.1) is 29.6 Å². The van der Waals surface area contributed by atoms with Gasteiger partial charge in [-0.1, -0.05) is 49.0 Å². The van der Waals surface area contributed by atoms with Gasteiger partial charge in [0.2, 0.25) is 5.91 Å². The van der Waals surface area contributed by atoms with Crippen molar-refractivity contribution in [3.8, 4) is 11.4 Å². The Kier molecular flexibility index (Phi) is 6.43. The van der Waals surface area contributed by atoms with E-state index in [0.717, 1.165) is 40.7 Å². The van der Waals surface area contributed by atoms with Crippen LogP contribution in [0.2, 0.25) is 0 Å². The fraction of sp³-hybridized carbons (Fsp3) is 0.269. The molecule has 6 nitrogen and oxygen atoms in total. The lowest BCUT2D eigenvalue weighted by Crippen LogP contribution is -2.23. The molecule has 0 fully saturated rings. The van der Waals surface area contributed by atoms with Crippen molar-refractivity contribution in [3.63, 3.8) is 0 Å². The van der Waals surface area contributed by atoms with Crippen molar-refractivity contribution in [2.45, 2.75) is 31.3 Å². The van der Waals surface area contributed by atoms with Gasteiger partial charge in [-0.15, -0.1) is 11.3 Å². The second kappa shape index (κ2) is 9.64. The number of carbonyl (C=O) groups excluding carboxylic acids is 1. The Morgan fingerprint density at radius 1 is 1.21 bits per heavy atom. The molecule has 0 aliphatic heterocycles. The van der Waals surface area contributed by atoms with Gasteiger partial charge in [-0.25, -0.2) is 4.98 Å². The molecule has 5 rings (SSSR count). The minimum absolute atomic E-state index is 0.0594. The van der Waals surface area contributed by atoms with E-state index in [4.69, 9.17) is 9.72 Å². The van der Waals surface area contributed by atoms with E-state index >= 15 is 0 Å². The summed E-state index contributed by atoms with van der Waals surface area (Å²) in [5, 5.41) is 4.14. The number of thiophene rings is 1. The van der Waals surface area contributed by atoms with Crippen LogP contribution in [0, 0.1) is 5.92 Å². The molecule has 1 aliphatic carbocycles. The highest BCUT2D eigenvalue weighted by atomic mass is 32.2. The summed E-state index contributed by atoms with van der Waals surface area (Å²) in [6.45, 7) is 2.25. The molecule has 1 amide bonds. The van der Waals surface area contributed by atoms with Gasteiger partial charge >= 0.3 is 0 Å². The second-order valence-corrected chi connectivity index (χ2v) is 10.5.